The van der Waals surface area contributed by atoms with E-state index in [2.05, 4.69) is 30.8 Å². The summed E-state index contributed by atoms with van der Waals surface area (Å²) in [6.07, 6.45) is 1.19. The maximum absolute atomic E-state index is 11.4. The van der Waals surface area contributed by atoms with Gasteiger partial charge in [0.1, 0.15) is 11.5 Å². The number of carbonyl (C=O) groups is 1. The number of nitrogens with zero attached hydrogens (tertiary/aromatic N) is 3. The van der Waals surface area contributed by atoms with Crippen molar-refractivity contribution in [2.24, 2.45) is 5.10 Å². The zero-order valence-electron chi connectivity index (χ0n) is 9.94. The third-order valence-electron chi connectivity index (χ3n) is 2.13. The van der Waals surface area contributed by atoms with Crippen molar-refractivity contribution in [2.75, 3.05) is 11.1 Å². The largest absolute Gasteiger partial charge is 0.508 e. The van der Waals surface area contributed by atoms with E-state index in [1.807, 2.05) is 0 Å². The summed E-state index contributed by atoms with van der Waals surface area (Å²) in [5, 5.41) is 31.0. The van der Waals surface area contributed by atoms with Crippen molar-refractivity contribution >= 4 is 23.9 Å². The molecule has 0 radical (unpaired) electrons. The van der Waals surface area contributed by atoms with Crippen LogP contribution in [0.5, 0.6) is 11.5 Å². The van der Waals surface area contributed by atoms with Crippen LogP contribution in [0.4, 0.5) is 16.4 Å². The number of nitrogens with one attached hydrogen (secondary N) is 2. The Morgan fingerprint density at radius 2 is 2.20 bits per heavy atom. The Labute approximate surface area is 111 Å². The Kier molecular flexibility index (Phi) is 3.65. The number of hydrogen-bond donors (Lipinski definition) is 5. The van der Waals surface area contributed by atoms with Crippen molar-refractivity contribution in [3.8, 4) is 11.5 Å². The van der Waals surface area contributed by atoms with Gasteiger partial charge in [0.15, 0.2) is 0 Å². The van der Waals surface area contributed by atoms with Gasteiger partial charge in [-0.2, -0.15) is 5.10 Å². The number of anilines is 2. The molecule has 0 fully saturated rings. The van der Waals surface area contributed by atoms with Gasteiger partial charge in [-0.05, 0) is 22.4 Å². The minimum Gasteiger partial charge on any atom is -0.508 e. The molecule has 1 aromatic carbocycles. The van der Waals surface area contributed by atoms with E-state index in [1.165, 1.54) is 18.3 Å². The summed E-state index contributed by atoms with van der Waals surface area (Å²) in [7, 11) is 0. The second-order valence-electron chi connectivity index (χ2n) is 3.57. The van der Waals surface area contributed by atoms with Crippen LogP contribution in [0, 0.1) is 0 Å². The lowest BCUT2D eigenvalue weighted by Crippen LogP contribution is -2.24. The molecule has 0 saturated carbocycles. The van der Waals surface area contributed by atoms with Gasteiger partial charge < -0.3 is 15.9 Å². The van der Waals surface area contributed by atoms with Crippen LogP contribution < -0.4 is 16.5 Å². The molecule has 20 heavy (non-hydrogen) atoms. The van der Waals surface area contributed by atoms with Gasteiger partial charge in [-0.1, -0.05) is 0 Å². The third kappa shape index (κ3) is 3.13. The van der Waals surface area contributed by atoms with Crippen molar-refractivity contribution in [1.82, 2.24) is 15.7 Å². The monoisotopic (exact) mass is 278 g/mol. The molecule has 2 rings (SSSR count). The van der Waals surface area contributed by atoms with Gasteiger partial charge in [0.25, 0.3) is 0 Å². The number of carbonyl (C=O) groups excluding carboxylic acids is 1. The summed E-state index contributed by atoms with van der Waals surface area (Å²) in [5.41, 5.74) is 7.77. The lowest BCUT2D eigenvalue weighted by Gasteiger charge is -2.01. The van der Waals surface area contributed by atoms with Crippen molar-refractivity contribution in [1.29, 1.82) is 0 Å². The fourth-order valence-electron chi connectivity index (χ4n) is 1.22. The van der Waals surface area contributed by atoms with E-state index in [-0.39, 0.29) is 23.1 Å². The van der Waals surface area contributed by atoms with Gasteiger partial charge in [-0.15, -0.1) is 0 Å². The van der Waals surface area contributed by atoms with Crippen LogP contribution in [0.1, 0.15) is 5.56 Å². The summed E-state index contributed by atoms with van der Waals surface area (Å²) in [6.45, 7) is 0. The van der Waals surface area contributed by atoms with Crippen LogP contribution in [0.3, 0.4) is 0 Å². The number of urea groups is 1. The average molecular weight is 278 g/mol. The molecule has 104 valence electrons. The smallest absolute Gasteiger partial charge is 0.340 e. The highest BCUT2D eigenvalue weighted by Crippen LogP contribution is 2.20. The van der Waals surface area contributed by atoms with E-state index in [1.54, 1.807) is 0 Å². The van der Waals surface area contributed by atoms with Crippen LogP contribution in [0.15, 0.2) is 27.9 Å². The molecule has 10 heteroatoms. The first-order valence-electron chi connectivity index (χ1n) is 5.26. The molecule has 2 amide bonds. The number of amides is 2. The van der Waals surface area contributed by atoms with E-state index >= 15 is 0 Å². The van der Waals surface area contributed by atoms with Crippen LogP contribution in [-0.4, -0.2) is 32.8 Å². The molecule has 0 aliphatic rings. The summed E-state index contributed by atoms with van der Waals surface area (Å²) in [4.78, 5) is 11.4. The first-order chi connectivity index (χ1) is 9.56. The number of hydrazone groups is 1. The van der Waals surface area contributed by atoms with Gasteiger partial charge in [0, 0.05) is 11.6 Å². The fourth-order valence-corrected chi connectivity index (χ4v) is 1.22. The molecule has 0 bridgehead atoms. The molecule has 6 N–H and O–H groups in total. The van der Waals surface area contributed by atoms with Crippen LogP contribution in [-0.2, 0) is 0 Å². The first kappa shape index (κ1) is 13.1. The van der Waals surface area contributed by atoms with E-state index in [4.69, 9.17) is 10.8 Å². The molecule has 10 nitrogen and oxygen atoms in total. The number of phenolic OH excluding ortho intramolecular Hbond substituents is 2. The number of aromatic hydroxyl groups is 2. The highest BCUT2D eigenvalue weighted by Gasteiger charge is 2.09. The van der Waals surface area contributed by atoms with Crippen molar-refractivity contribution in [3.63, 3.8) is 0 Å². The SMILES string of the molecule is Nc1nonc1NC(=O)N/N=C/c1ccc(O)cc1O. The molecular weight excluding hydrogens is 268 g/mol. The normalized spacial score (nSPS) is 10.6. The zero-order valence-corrected chi connectivity index (χ0v) is 9.94. The van der Waals surface area contributed by atoms with Gasteiger partial charge in [-0.3, -0.25) is 5.32 Å². The molecule has 0 saturated heterocycles. The Bertz CT molecular complexity index is 653. The van der Waals surface area contributed by atoms with E-state index < -0.39 is 6.03 Å². The predicted octanol–water partition coefficient (Wildman–Crippen LogP) is 0.219. The summed E-state index contributed by atoms with van der Waals surface area (Å²) < 4.78 is 4.28. The maximum Gasteiger partial charge on any atom is 0.340 e. The quantitative estimate of drug-likeness (QED) is 0.396. The first-order valence-corrected chi connectivity index (χ1v) is 5.26. The molecule has 2 aromatic rings. The topological polar surface area (TPSA) is 159 Å². The van der Waals surface area contributed by atoms with Crippen molar-refractivity contribution in [2.45, 2.75) is 0 Å². The lowest BCUT2D eigenvalue weighted by molar-refractivity contribution is 0.252. The Morgan fingerprint density at radius 1 is 1.40 bits per heavy atom. The third-order valence-corrected chi connectivity index (χ3v) is 2.13. The van der Waals surface area contributed by atoms with Gasteiger partial charge in [-0.25, -0.2) is 14.8 Å². The number of benzene rings is 1. The molecule has 0 aliphatic carbocycles. The second-order valence-corrected chi connectivity index (χ2v) is 3.57. The number of aromatic nitrogens is 2. The minimum atomic E-state index is -0.720. The number of nitrogen functional groups attached to an aromatic ring is 1. The molecule has 0 unspecified atom stereocenters. The highest BCUT2D eigenvalue weighted by atomic mass is 16.6. The van der Waals surface area contributed by atoms with Crippen molar-refractivity contribution in [3.05, 3.63) is 23.8 Å². The highest BCUT2D eigenvalue weighted by molar-refractivity contribution is 5.91. The van der Waals surface area contributed by atoms with Gasteiger partial charge in [0.2, 0.25) is 11.6 Å². The lowest BCUT2D eigenvalue weighted by atomic mass is 10.2. The number of phenols is 2. The number of rotatable bonds is 3. The average Bonchev–Trinajstić information content (AvgIpc) is 2.78. The van der Waals surface area contributed by atoms with Gasteiger partial charge >= 0.3 is 6.03 Å². The van der Waals surface area contributed by atoms with Crippen LogP contribution >= 0.6 is 0 Å². The minimum absolute atomic E-state index is 0.0369. The molecular formula is C10H10N6O4. The molecule has 1 heterocycles. The fraction of sp³-hybridized carbons (Fsp3) is 0. The summed E-state index contributed by atoms with van der Waals surface area (Å²) >= 11 is 0. The summed E-state index contributed by atoms with van der Waals surface area (Å²) in [5.74, 6) is -0.370. The standard InChI is InChI=1S/C10H10N6O4/c11-8-9(16-20-15-8)13-10(19)14-12-4-5-1-2-6(17)3-7(5)18/h1-4,17-18H,(H2,11,15)(H2,13,14,16,19)/b12-4+. The van der Waals surface area contributed by atoms with Gasteiger partial charge in [0.05, 0.1) is 6.21 Å². The van der Waals surface area contributed by atoms with E-state index in [0.717, 1.165) is 6.07 Å². The van der Waals surface area contributed by atoms with Crippen LogP contribution in [0.25, 0.3) is 0 Å². The van der Waals surface area contributed by atoms with E-state index in [0.29, 0.717) is 5.56 Å². The molecule has 1 aromatic heterocycles. The molecule has 0 atom stereocenters. The number of nitrogens with two attached hydrogens (primary N) is 1. The number of hydrogen-bond acceptors (Lipinski definition) is 8. The zero-order chi connectivity index (χ0) is 14.5. The Balaban J connectivity index is 1.93. The predicted molar refractivity (Wildman–Crippen MR) is 68.2 cm³/mol. The van der Waals surface area contributed by atoms with Crippen LogP contribution in [0.2, 0.25) is 0 Å². The Morgan fingerprint density at radius 3 is 2.85 bits per heavy atom. The molecule has 0 aliphatic heterocycles. The maximum atomic E-state index is 11.4. The van der Waals surface area contributed by atoms with E-state index in [9.17, 15) is 9.90 Å². The van der Waals surface area contributed by atoms with Crippen molar-refractivity contribution < 1.29 is 19.6 Å². The Hall–Kier alpha value is -3.30. The summed E-state index contributed by atoms with van der Waals surface area (Å²) in [6, 6.07) is 3.21. The second kappa shape index (κ2) is 5.56. The molecule has 0 spiro atoms.